The van der Waals surface area contributed by atoms with Crippen LogP contribution < -0.4 is 0 Å². The van der Waals surface area contributed by atoms with E-state index < -0.39 is 12.2 Å². The molecule has 13 heavy (non-hydrogen) atoms. The summed E-state index contributed by atoms with van der Waals surface area (Å²) in [6.45, 7) is 1.80. The summed E-state index contributed by atoms with van der Waals surface area (Å²) in [7, 11) is 0. The molecule has 0 unspecified atom stereocenters. The van der Waals surface area contributed by atoms with Gasteiger partial charge in [-0.05, 0) is 18.6 Å². The molecule has 0 spiro atoms. The lowest BCUT2D eigenvalue weighted by Crippen LogP contribution is -1.89. The Balaban J connectivity index is 2.68. The first-order valence-corrected chi connectivity index (χ1v) is 3.78. The third kappa shape index (κ3) is 1.26. The van der Waals surface area contributed by atoms with E-state index in [4.69, 9.17) is 0 Å². The van der Waals surface area contributed by atoms with E-state index >= 15 is 0 Å². The second kappa shape index (κ2) is 2.76. The van der Waals surface area contributed by atoms with E-state index in [1.807, 2.05) is 0 Å². The van der Waals surface area contributed by atoms with Crippen LogP contribution in [0, 0.1) is 6.92 Å². The molecule has 2 aromatic rings. The molecule has 0 bridgehead atoms. The fourth-order valence-corrected chi connectivity index (χ4v) is 1.15. The van der Waals surface area contributed by atoms with Crippen molar-refractivity contribution in [3.63, 3.8) is 0 Å². The van der Waals surface area contributed by atoms with Crippen LogP contribution in [0.15, 0.2) is 18.3 Å². The van der Waals surface area contributed by atoms with Crippen LogP contribution >= 0.6 is 0 Å². The lowest BCUT2D eigenvalue weighted by atomic mass is 10.3. The Hall–Kier alpha value is -1.52. The maximum atomic E-state index is 12.2. The number of aromatic nitrogens is 3. The van der Waals surface area contributed by atoms with Crippen molar-refractivity contribution >= 4 is 5.65 Å². The summed E-state index contributed by atoms with van der Waals surface area (Å²) in [5.41, 5.74) is 1.32. The maximum Gasteiger partial charge on any atom is 0.299 e. The maximum absolute atomic E-state index is 12.2. The molecule has 3 nitrogen and oxygen atoms in total. The topological polar surface area (TPSA) is 30.2 Å². The van der Waals surface area contributed by atoms with Crippen molar-refractivity contribution in [1.82, 2.24) is 14.6 Å². The van der Waals surface area contributed by atoms with Gasteiger partial charge in [-0.1, -0.05) is 6.07 Å². The fraction of sp³-hybridized carbons (Fsp3) is 0.250. The first kappa shape index (κ1) is 8.10. The number of alkyl halides is 2. The van der Waals surface area contributed by atoms with Crippen LogP contribution in [0.5, 0.6) is 0 Å². The van der Waals surface area contributed by atoms with E-state index in [1.54, 1.807) is 25.3 Å². The second-order valence-electron chi connectivity index (χ2n) is 2.73. The predicted molar refractivity (Wildman–Crippen MR) is 42.7 cm³/mol. The van der Waals surface area contributed by atoms with Crippen LogP contribution in [0.4, 0.5) is 8.78 Å². The van der Waals surface area contributed by atoms with Gasteiger partial charge in [0.2, 0.25) is 5.82 Å². The van der Waals surface area contributed by atoms with Crippen molar-refractivity contribution in [3.05, 3.63) is 29.7 Å². The Morgan fingerprint density at radius 3 is 2.85 bits per heavy atom. The van der Waals surface area contributed by atoms with E-state index in [2.05, 4.69) is 10.1 Å². The highest BCUT2D eigenvalue weighted by atomic mass is 19.3. The second-order valence-corrected chi connectivity index (χ2v) is 2.73. The lowest BCUT2D eigenvalue weighted by Gasteiger charge is -1.92. The highest BCUT2D eigenvalue weighted by Gasteiger charge is 2.14. The molecule has 0 radical (unpaired) electrons. The molecule has 0 N–H and O–H groups in total. The van der Waals surface area contributed by atoms with Crippen LogP contribution in [0.1, 0.15) is 17.8 Å². The zero-order chi connectivity index (χ0) is 9.42. The zero-order valence-corrected chi connectivity index (χ0v) is 6.91. The van der Waals surface area contributed by atoms with Gasteiger partial charge in [-0.25, -0.2) is 18.3 Å². The van der Waals surface area contributed by atoms with Crippen molar-refractivity contribution < 1.29 is 8.78 Å². The normalized spacial score (nSPS) is 11.4. The zero-order valence-electron chi connectivity index (χ0n) is 6.91. The summed E-state index contributed by atoms with van der Waals surface area (Å²) in [5, 5.41) is 3.63. The average molecular weight is 183 g/mol. The minimum atomic E-state index is -2.61. The van der Waals surface area contributed by atoms with Gasteiger partial charge in [0.15, 0.2) is 5.65 Å². The summed E-state index contributed by atoms with van der Waals surface area (Å²) in [5.74, 6) is -0.422. The summed E-state index contributed by atoms with van der Waals surface area (Å²) < 4.78 is 25.8. The quantitative estimate of drug-likeness (QED) is 0.676. The number of fused-ring (bicyclic) bond motifs is 1. The molecule has 68 valence electrons. The standard InChI is InChI=1S/C8H7F2N3/c1-5-3-2-4-13-8(5)11-7(12-13)6(9)10/h2-4,6H,1H3. The number of hydrogen-bond donors (Lipinski definition) is 0. The van der Waals surface area contributed by atoms with Gasteiger partial charge in [0.1, 0.15) is 0 Å². The van der Waals surface area contributed by atoms with Gasteiger partial charge in [-0.2, -0.15) is 0 Å². The number of halogens is 2. The van der Waals surface area contributed by atoms with E-state index in [0.29, 0.717) is 5.65 Å². The van der Waals surface area contributed by atoms with Crippen molar-refractivity contribution in [3.8, 4) is 0 Å². The Morgan fingerprint density at radius 1 is 1.46 bits per heavy atom. The van der Waals surface area contributed by atoms with Crippen LogP contribution in [0.3, 0.4) is 0 Å². The molecule has 5 heteroatoms. The third-order valence-electron chi connectivity index (χ3n) is 1.77. The first-order valence-electron chi connectivity index (χ1n) is 3.78. The fourth-order valence-electron chi connectivity index (χ4n) is 1.15. The van der Waals surface area contributed by atoms with E-state index in [0.717, 1.165) is 5.56 Å². The molecular weight excluding hydrogens is 176 g/mol. The molecule has 2 aromatic heterocycles. The lowest BCUT2D eigenvalue weighted by molar-refractivity contribution is 0.140. The van der Waals surface area contributed by atoms with E-state index in [1.165, 1.54) is 4.52 Å². The minimum absolute atomic E-state index is 0.422. The van der Waals surface area contributed by atoms with E-state index in [9.17, 15) is 8.78 Å². The number of hydrogen-bond acceptors (Lipinski definition) is 2. The van der Waals surface area contributed by atoms with Gasteiger partial charge in [0, 0.05) is 6.20 Å². The van der Waals surface area contributed by atoms with Gasteiger partial charge in [0.25, 0.3) is 6.43 Å². The minimum Gasteiger partial charge on any atom is -0.220 e. The van der Waals surface area contributed by atoms with Crippen molar-refractivity contribution in [1.29, 1.82) is 0 Å². The summed E-state index contributed by atoms with van der Waals surface area (Å²) in [6, 6.07) is 3.55. The summed E-state index contributed by atoms with van der Waals surface area (Å²) in [6.07, 6.45) is -1.01. The average Bonchev–Trinajstić information content (AvgIpc) is 2.49. The van der Waals surface area contributed by atoms with Crippen LogP contribution in [0.2, 0.25) is 0 Å². The molecule has 0 aliphatic heterocycles. The van der Waals surface area contributed by atoms with E-state index in [-0.39, 0.29) is 0 Å². The number of aryl methyl sites for hydroxylation is 1. The summed E-state index contributed by atoms with van der Waals surface area (Å²) in [4.78, 5) is 3.71. The largest absolute Gasteiger partial charge is 0.299 e. The van der Waals surface area contributed by atoms with Gasteiger partial charge in [-0.3, -0.25) is 0 Å². The predicted octanol–water partition coefficient (Wildman–Crippen LogP) is 1.98. The van der Waals surface area contributed by atoms with Crippen LogP contribution in [-0.2, 0) is 0 Å². The number of rotatable bonds is 1. The van der Waals surface area contributed by atoms with Crippen molar-refractivity contribution in [2.75, 3.05) is 0 Å². The number of pyridine rings is 1. The molecule has 0 amide bonds. The molecule has 0 fully saturated rings. The molecule has 0 atom stereocenters. The van der Waals surface area contributed by atoms with Crippen molar-refractivity contribution in [2.45, 2.75) is 13.3 Å². The molecule has 0 aliphatic rings. The van der Waals surface area contributed by atoms with Crippen molar-refractivity contribution in [2.24, 2.45) is 0 Å². The SMILES string of the molecule is Cc1cccn2nc(C(F)F)nc12. The molecule has 0 saturated carbocycles. The van der Waals surface area contributed by atoms with Crippen LogP contribution in [0.25, 0.3) is 5.65 Å². The van der Waals surface area contributed by atoms with Gasteiger partial charge < -0.3 is 0 Å². The highest BCUT2D eigenvalue weighted by Crippen LogP contribution is 2.16. The van der Waals surface area contributed by atoms with Gasteiger partial charge in [-0.15, -0.1) is 5.10 Å². The molecular formula is C8H7F2N3. The Morgan fingerprint density at radius 2 is 2.23 bits per heavy atom. The third-order valence-corrected chi connectivity index (χ3v) is 1.77. The Kier molecular flexibility index (Phi) is 1.72. The molecule has 0 aromatic carbocycles. The molecule has 2 rings (SSSR count). The van der Waals surface area contributed by atoms with Gasteiger partial charge >= 0.3 is 0 Å². The Labute approximate surface area is 73.0 Å². The Bertz CT molecular complexity index is 436. The highest BCUT2D eigenvalue weighted by molar-refractivity contribution is 5.45. The number of nitrogens with zero attached hydrogens (tertiary/aromatic N) is 3. The smallest absolute Gasteiger partial charge is 0.220 e. The monoisotopic (exact) mass is 183 g/mol. The molecule has 2 heterocycles. The molecule has 0 aliphatic carbocycles. The molecule has 0 saturated heterocycles. The van der Waals surface area contributed by atoms with Gasteiger partial charge in [0.05, 0.1) is 0 Å². The first-order chi connectivity index (χ1) is 6.18. The summed E-state index contributed by atoms with van der Waals surface area (Å²) >= 11 is 0. The van der Waals surface area contributed by atoms with Crippen LogP contribution in [-0.4, -0.2) is 14.6 Å².